The first-order valence-corrected chi connectivity index (χ1v) is 15.4. The van der Waals surface area contributed by atoms with E-state index in [9.17, 15) is 14.7 Å². The number of aliphatic carboxylic acids is 1. The molecular weight excluding hydrogens is 568 g/mol. The Labute approximate surface area is 263 Å². The van der Waals surface area contributed by atoms with Crippen molar-refractivity contribution >= 4 is 17.6 Å². The van der Waals surface area contributed by atoms with E-state index in [-0.39, 0.29) is 18.9 Å². The molecule has 3 aromatic carbocycles. The zero-order valence-corrected chi connectivity index (χ0v) is 25.4. The fourth-order valence-electron chi connectivity index (χ4n) is 6.22. The predicted molar refractivity (Wildman–Crippen MR) is 174 cm³/mol. The van der Waals surface area contributed by atoms with E-state index in [4.69, 9.17) is 15.0 Å². The number of amides is 1. The Balaban J connectivity index is 1.28. The van der Waals surface area contributed by atoms with Gasteiger partial charge >= 0.3 is 12.1 Å². The molecule has 3 aromatic rings. The van der Waals surface area contributed by atoms with E-state index < -0.39 is 23.7 Å². The van der Waals surface area contributed by atoms with Crippen LogP contribution in [-0.4, -0.2) is 48.6 Å². The minimum atomic E-state index is -1.24. The fraction of sp³-hybridized carbons (Fsp3) is 0.333. The van der Waals surface area contributed by atoms with Crippen LogP contribution in [0.4, 0.5) is 4.79 Å². The van der Waals surface area contributed by atoms with E-state index in [2.05, 4.69) is 52.6 Å². The Kier molecular flexibility index (Phi) is 10.3. The van der Waals surface area contributed by atoms with Crippen molar-refractivity contribution in [1.82, 2.24) is 5.32 Å². The van der Waals surface area contributed by atoms with Crippen LogP contribution >= 0.6 is 0 Å². The Bertz CT molecular complexity index is 1600. The Hall–Kier alpha value is -4.85. The van der Waals surface area contributed by atoms with Crippen molar-refractivity contribution in [3.8, 4) is 11.1 Å². The molecule has 45 heavy (non-hydrogen) atoms. The van der Waals surface area contributed by atoms with Gasteiger partial charge < -0.3 is 19.9 Å². The first-order valence-electron chi connectivity index (χ1n) is 15.4. The van der Waals surface area contributed by atoms with Crippen LogP contribution in [0, 0.1) is 0 Å². The van der Waals surface area contributed by atoms with Crippen LogP contribution in [0.15, 0.2) is 96.1 Å². The second kappa shape index (κ2) is 14.8. The molecule has 2 unspecified atom stereocenters. The number of nitrogens with one attached hydrogen (secondary N) is 1. The first-order chi connectivity index (χ1) is 21.9. The lowest BCUT2D eigenvalue weighted by Gasteiger charge is -2.35. The molecule has 2 N–H and O–H groups in total. The van der Waals surface area contributed by atoms with E-state index in [0.29, 0.717) is 32.4 Å². The topological polar surface area (TPSA) is 134 Å². The van der Waals surface area contributed by atoms with Gasteiger partial charge in [-0.05, 0) is 70.2 Å². The quantitative estimate of drug-likeness (QED) is 0.0835. The van der Waals surface area contributed by atoms with E-state index in [1.807, 2.05) is 60.7 Å². The number of benzene rings is 3. The molecule has 2 aliphatic rings. The number of ether oxygens (including phenoxy) is 2. The summed E-state index contributed by atoms with van der Waals surface area (Å²) in [6.07, 6.45) is 7.79. The van der Waals surface area contributed by atoms with Crippen LogP contribution in [-0.2, 0) is 20.7 Å². The van der Waals surface area contributed by atoms with Crippen molar-refractivity contribution in [2.75, 3.05) is 19.8 Å². The number of hydrogen-bond acceptors (Lipinski definition) is 5. The standard InChI is InChI=1S/C36H38N4O5/c1-2-25-11-3-4-12-27(25)26-17-19-36(20-18-26,45-22-10-9-21-38-40-37)23-33(34(41)42)39-35(43)44-24-32-30-15-7-5-13-28(30)29-14-6-8-16-31(29)32/h3-8,11-19,32-33H,2,9-10,20-24H2,1H3,(H,39,43)(H,41,42). The van der Waals surface area contributed by atoms with Gasteiger partial charge in [-0.1, -0.05) is 103 Å². The van der Waals surface area contributed by atoms with Crippen LogP contribution in [0.1, 0.15) is 60.8 Å². The molecule has 9 nitrogen and oxygen atoms in total. The largest absolute Gasteiger partial charge is 0.480 e. The van der Waals surface area contributed by atoms with Gasteiger partial charge in [0.25, 0.3) is 0 Å². The summed E-state index contributed by atoms with van der Waals surface area (Å²) in [6, 6.07) is 23.1. The predicted octanol–water partition coefficient (Wildman–Crippen LogP) is 7.82. The Morgan fingerprint density at radius 2 is 1.69 bits per heavy atom. The summed E-state index contributed by atoms with van der Waals surface area (Å²) in [5.41, 5.74) is 15.4. The molecular formula is C36H38N4O5. The molecule has 2 aliphatic carbocycles. The van der Waals surface area contributed by atoms with E-state index in [1.165, 1.54) is 5.56 Å². The lowest BCUT2D eigenvalue weighted by atomic mass is 9.83. The zero-order chi connectivity index (χ0) is 31.6. The maximum absolute atomic E-state index is 13.0. The molecule has 0 aliphatic heterocycles. The number of carboxylic acid groups (broad SMARTS) is 1. The Morgan fingerprint density at radius 3 is 2.31 bits per heavy atom. The van der Waals surface area contributed by atoms with Gasteiger partial charge in [-0.3, -0.25) is 0 Å². The fourth-order valence-corrected chi connectivity index (χ4v) is 6.22. The average molecular weight is 607 g/mol. The second-order valence-corrected chi connectivity index (χ2v) is 11.3. The average Bonchev–Trinajstić information content (AvgIpc) is 3.39. The number of hydrogen-bond donors (Lipinski definition) is 2. The van der Waals surface area contributed by atoms with Gasteiger partial charge in [-0.25, -0.2) is 9.59 Å². The minimum absolute atomic E-state index is 0.0125. The summed E-state index contributed by atoms with van der Waals surface area (Å²) in [5.74, 6) is -1.31. The van der Waals surface area contributed by atoms with Gasteiger partial charge in [0, 0.05) is 30.4 Å². The van der Waals surface area contributed by atoms with Crippen molar-refractivity contribution in [3.63, 3.8) is 0 Å². The molecule has 0 fully saturated rings. The number of allylic oxidation sites excluding steroid dienone is 2. The summed E-state index contributed by atoms with van der Waals surface area (Å²) in [5, 5.41) is 16.3. The highest BCUT2D eigenvalue weighted by atomic mass is 16.5. The number of alkyl carbamates (subject to hydrolysis) is 1. The number of carbonyl (C=O) groups excluding carboxylic acids is 1. The van der Waals surface area contributed by atoms with Crippen molar-refractivity contribution in [2.45, 2.75) is 56.6 Å². The lowest BCUT2D eigenvalue weighted by molar-refractivity contribution is -0.141. The molecule has 0 heterocycles. The van der Waals surface area contributed by atoms with Gasteiger partial charge in [0.1, 0.15) is 12.6 Å². The van der Waals surface area contributed by atoms with Crippen LogP contribution in [0.5, 0.6) is 0 Å². The third kappa shape index (κ3) is 7.45. The number of fused-ring (bicyclic) bond motifs is 3. The SMILES string of the molecule is CCc1ccccc1C1=CCC(CC(NC(=O)OCC2c3ccccc3-c3ccccc32)C(=O)O)(OCCCCN=[N+]=[N-])C=C1. The summed E-state index contributed by atoms with van der Waals surface area (Å²) in [7, 11) is 0. The highest BCUT2D eigenvalue weighted by Gasteiger charge is 2.37. The molecule has 5 rings (SSSR count). The molecule has 0 saturated carbocycles. The molecule has 0 aromatic heterocycles. The van der Waals surface area contributed by atoms with Gasteiger partial charge in [0.05, 0.1) is 5.60 Å². The number of carboxylic acids is 1. The summed E-state index contributed by atoms with van der Waals surface area (Å²) >= 11 is 0. The van der Waals surface area contributed by atoms with Gasteiger partial charge in [0.15, 0.2) is 0 Å². The van der Waals surface area contributed by atoms with Crippen molar-refractivity contribution in [1.29, 1.82) is 0 Å². The van der Waals surface area contributed by atoms with E-state index in [1.54, 1.807) is 0 Å². The molecule has 0 saturated heterocycles. The van der Waals surface area contributed by atoms with Crippen molar-refractivity contribution in [3.05, 3.63) is 124 Å². The van der Waals surface area contributed by atoms with Crippen molar-refractivity contribution < 1.29 is 24.2 Å². The number of nitrogens with zero attached hydrogens (tertiary/aromatic N) is 3. The summed E-state index contributed by atoms with van der Waals surface area (Å²) < 4.78 is 12.0. The summed E-state index contributed by atoms with van der Waals surface area (Å²) in [6.45, 7) is 2.91. The number of azide groups is 1. The van der Waals surface area contributed by atoms with Crippen LogP contribution < -0.4 is 5.32 Å². The Morgan fingerprint density at radius 1 is 1.02 bits per heavy atom. The number of aryl methyl sites for hydroxylation is 1. The number of rotatable bonds is 14. The third-order valence-electron chi connectivity index (χ3n) is 8.53. The smallest absolute Gasteiger partial charge is 0.407 e. The van der Waals surface area contributed by atoms with E-state index >= 15 is 0 Å². The van der Waals surface area contributed by atoms with Gasteiger partial charge in [-0.15, -0.1) is 0 Å². The molecule has 1 amide bonds. The highest BCUT2D eigenvalue weighted by molar-refractivity contribution is 5.82. The number of carbonyl (C=O) groups is 2. The maximum atomic E-state index is 13.0. The molecule has 232 valence electrons. The monoisotopic (exact) mass is 606 g/mol. The van der Waals surface area contributed by atoms with E-state index in [0.717, 1.165) is 39.8 Å². The van der Waals surface area contributed by atoms with Gasteiger partial charge in [0.2, 0.25) is 0 Å². The molecule has 9 heteroatoms. The van der Waals surface area contributed by atoms with Gasteiger partial charge in [-0.2, -0.15) is 0 Å². The second-order valence-electron chi connectivity index (χ2n) is 11.3. The zero-order valence-electron chi connectivity index (χ0n) is 25.4. The third-order valence-corrected chi connectivity index (χ3v) is 8.53. The van der Waals surface area contributed by atoms with Crippen LogP contribution in [0.2, 0.25) is 0 Å². The lowest BCUT2D eigenvalue weighted by Crippen LogP contribution is -2.47. The first kappa shape index (κ1) is 31.6. The normalized spacial score (nSPS) is 17.4. The highest BCUT2D eigenvalue weighted by Crippen LogP contribution is 2.44. The summed E-state index contributed by atoms with van der Waals surface area (Å²) in [4.78, 5) is 28.3. The molecule has 0 spiro atoms. The molecule has 0 bridgehead atoms. The molecule has 0 radical (unpaired) electrons. The number of unbranched alkanes of at least 4 members (excludes halogenated alkanes) is 1. The van der Waals surface area contributed by atoms with Crippen molar-refractivity contribution in [2.24, 2.45) is 5.11 Å². The van der Waals surface area contributed by atoms with Crippen LogP contribution in [0.25, 0.3) is 27.1 Å². The maximum Gasteiger partial charge on any atom is 0.407 e. The minimum Gasteiger partial charge on any atom is -0.480 e. The van der Waals surface area contributed by atoms with Crippen LogP contribution in [0.3, 0.4) is 0 Å². The molecule has 2 atom stereocenters.